The Morgan fingerprint density at radius 2 is 2.11 bits per heavy atom. The summed E-state index contributed by atoms with van der Waals surface area (Å²) in [6.07, 6.45) is 7.80. The lowest BCUT2D eigenvalue weighted by Gasteiger charge is -2.14. The third-order valence-corrected chi connectivity index (χ3v) is 3.26. The van der Waals surface area contributed by atoms with Crippen molar-refractivity contribution >= 4 is 17.7 Å². The highest BCUT2D eigenvalue weighted by molar-refractivity contribution is 6.05. The van der Waals surface area contributed by atoms with E-state index < -0.39 is 0 Å². The Morgan fingerprint density at radius 3 is 2.95 bits per heavy atom. The topological polar surface area (TPSA) is 33.2 Å². The maximum atomic E-state index is 12.2. The van der Waals surface area contributed by atoms with E-state index in [2.05, 4.69) is 11.1 Å². The molecule has 2 heterocycles. The van der Waals surface area contributed by atoms with Crippen LogP contribution < -0.4 is 4.90 Å². The number of hydrogen-bond donors (Lipinski definition) is 0. The summed E-state index contributed by atoms with van der Waals surface area (Å²) in [7, 11) is 0. The lowest BCUT2D eigenvalue weighted by molar-refractivity contribution is -0.114. The van der Waals surface area contributed by atoms with Crippen molar-refractivity contribution in [1.29, 1.82) is 0 Å². The maximum Gasteiger partial charge on any atom is 0.251 e. The molecule has 3 rings (SSSR count). The van der Waals surface area contributed by atoms with Gasteiger partial charge in [-0.15, -0.1) is 0 Å². The Kier molecular flexibility index (Phi) is 3.11. The van der Waals surface area contributed by atoms with Gasteiger partial charge in [-0.2, -0.15) is 0 Å². The van der Waals surface area contributed by atoms with Gasteiger partial charge in [0.15, 0.2) is 0 Å². The molecule has 0 radical (unpaired) electrons. The van der Waals surface area contributed by atoms with Crippen molar-refractivity contribution in [2.75, 3.05) is 11.4 Å². The quantitative estimate of drug-likeness (QED) is 0.768. The van der Waals surface area contributed by atoms with E-state index in [1.165, 1.54) is 5.56 Å². The van der Waals surface area contributed by atoms with Gasteiger partial charge in [0.2, 0.25) is 0 Å². The largest absolute Gasteiger partial charge is 0.308 e. The second-order valence-electron chi connectivity index (χ2n) is 4.49. The van der Waals surface area contributed by atoms with Gasteiger partial charge in [-0.25, -0.2) is 0 Å². The Balaban J connectivity index is 1.78. The predicted molar refractivity (Wildman–Crippen MR) is 75.8 cm³/mol. The van der Waals surface area contributed by atoms with Gasteiger partial charge < -0.3 is 4.90 Å². The van der Waals surface area contributed by atoms with Crippen LogP contribution in [0, 0.1) is 0 Å². The molecule has 3 nitrogen and oxygen atoms in total. The van der Waals surface area contributed by atoms with Gasteiger partial charge in [-0.1, -0.05) is 24.3 Å². The number of carbonyl (C=O) groups excluding carboxylic acids is 1. The minimum Gasteiger partial charge on any atom is -0.308 e. The fourth-order valence-electron chi connectivity index (χ4n) is 2.30. The van der Waals surface area contributed by atoms with Gasteiger partial charge in [-0.05, 0) is 35.8 Å². The fourth-order valence-corrected chi connectivity index (χ4v) is 2.30. The molecule has 1 aliphatic heterocycles. The first-order valence-electron chi connectivity index (χ1n) is 6.32. The van der Waals surface area contributed by atoms with E-state index in [1.54, 1.807) is 24.5 Å². The van der Waals surface area contributed by atoms with Crippen molar-refractivity contribution in [2.45, 2.75) is 6.42 Å². The van der Waals surface area contributed by atoms with Crippen LogP contribution in [0.5, 0.6) is 0 Å². The Hall–Kier alpha value is -2.42. The van der Waals surface area contributed by atoms with Crippen LogP contribution in [0.4, 0.5) is 5.69 Å². The van der Waals surface area contributed by atoms with Gasteiger partial charge in [0.05, 0.1) is 0 Å². The number of carbonyl (C=O) groups is 1. The number of pyridine rings is 1. The summed E-state index contributed by atoms with van der Waals surface area (Å²) in [6.45, 7) is 0.759. The predicted octanol–water partition coefficient (Wildman–Crippen LogP) is 2.68. The third kappa shape index (κ3) is 2.40. The highest BCUT2D eigenvalue weighted by Gasteiger charge is 2.22. The highest BCUT2D eigenvalue weighted by Crippen LogP contribution is 2.27. The number of fused-ring (bicyclic) bond motifs is 1. The molecule has 0 bridgehead atoms. The molecule has 3 heteroatoms. The molecule has 1 aromatic carbocycles. The van der Waals surface area contributed by atoms with E-state index in [9.17, 15) is 4.79 Å². The number of aromatic nitrogens is 1. The van der Waals surface area contributed by atoms with Crippen LogP contribution in [0.2, 0.25) is 0 Å². The standard InChI is InChI=1S/C16H14N2O/c19-16(8-7-13-4-3-10-17-12-13)18-11-9-14-5-1-2-6-15(14)18/h1-8,10,12H,9,11H2. The number of nitrogens with zero attached hydrogens (tertiary/aromatic N) is 2. The molecule has 1 aromatic heterocycles. The highest BCUT2D eigenvalue weighted by atomic mass is 16.2. The molecule has 1 amide bonds. The van der Waals surface area contributed by atoms with E-state index in [0.29, 0.717) is 0 Å². The average Bonchev–Trinajstić information content (AvgIpc) is 2.90. The van der Waals surface area contributed by atoms with E-state index in [-0.39, 0.29) is 5.91 Å². The number of anilines is 1. The molecule has 0 aliphatic carbocycles. The van der Waals surface area contributed by atoms with E-state index in [0.717, 1.165) is 24.2 Å². The first-order valence-corrected chi connectivity index (χ1v) is 6.32. The van der Waals surface area contributed by atoms with Crippen molar-refractivity contribution in [3.8, 4) is 0 Å². The molecule has 94 valence electrons. The van der Waals surface area contributed by atoms with Crippen LogP contribution in [0.3, 0.4) is 0 Å². The van der Waals surface area contributed by atoms with Crippen LogP contribution >= 0.6 is 0 Å². The van der Waals surface area contributed by atoms with Gasteiger partial charge in [0, 0.05) is 30.7 Å². The molecule has 1 aliphatic rings. The summed E-state index contributed by atoms with van der Waals surface area (Å²) in [5, 5.41) is 0. The van der Waals surface area contributed by atoms with Crippen molar-refractivity contribution in [1.82, 2.24) is 4.98 Å². The van der Waals surface area contributed by atoms with Crippen LogP contribution in [0.25, 0.3) is 6.08 Å². The Labute approximate surface area is 112 Å². The number of rotatable bonds is 2. The first kappa shape index (κ1) is 11.7. The fraction of sp³-hybridized carbons (Fsp3) is 0.125. The first-order chi connectivity index (χ1) is 9.34. The van der Waals surface area contributed by atoms with Crippen LogP contribution in [0.15, 0.2) is 54.9 Å². The summed E-state index contributed by atoms with van der Waals surface area (Å²) in [6, 6.07) is 11.8. The zero-order chi connectivity index (χ0) is 13.1. The Morgan fingerprint density at radius 1 is 1.21 bits per heavy atom. The second-order valence-corrected chi connectivity index (χ2v) is 4.49. The molecule has 0 saturated carbocycles. The van der Waals surface area contributed by atoms with Gasteiger partial charge in [0.1, 0.15) is 0 Å². The monoisotopic (exact) mass is 250 g/mol. The van der Waals surface area contributed by atoms with Crippen molar-refractivity contribution in [2.24, 2.45) is 0 Å². The molecule has 0 unspecified atom stereocenters. The van der Waals surface area contributed by atoms with Crippen molar-refractivity contribution in [3.63, 3.8) is 0 Å². The molecule has 0 N–H and O–H groups in total. The molecular formula is C16H14N2O. The number of benzene rings is 1. The molecule has 0 spiro atoms. The van der Waals surface area contributed by atoms with E-state index >= 15 is 0 Å². The van der Waals surface area contributed by atoms with Crippen molar-refractivity contribution in [3.05, 3.63) is 66.0 Å². The zero-order valence-electron chi connectivity index (χ0n) is 10.5. The SMILES string of the molecule is O=C(C=Cc1cccnc1)N1CCc2ccccc21. The zero-order valence-corrected chi connectivity index (χ0v) is 10.5. The summed E-state index contributed by atoms with van der Waals surface area (Å²) in [5.74, 6) is 0.0220. The normalized spacial score (nSPS) is 13.8. The van der Waals surface area contributed by atoms with E-state index in [4.69, 9.17) is 0 Å². The minimum absolute atomic E-state index is 0.0220. The summed E-state index contributed by atoms with van der Waals surface area (Å²) in [5.41, 5.74) is 3.21. The van der Waals surface area contributed by atoms with Crippen molar-refractivity contribution < 1.29 is 4.79 Å². The molecule has 0 saturated heterocycles. The number of para-hydroxylation sites is 1. The molecule has 0 fully saturated rings. The lowest BCUT2D eigenvalue weighted by Crippen LogP contribution is -2.26. The van der Waals surface area contributed by atoms with Gasteiger partial charge in [-0.3, -0.25) is 9.78 Å². The summed E-state index contributed by atoms with van der Waals surface area (Å²) in [4.78, 5) is 18.0. The van der Waals surface area contributed by atoms with Crippen LogP contribution in [-0.4, -0.2) is 17.4 Å². The van der Waals surface area contributed by atoms with Crippen LogP contribution in [-0.2, 0) is 11.2 Å². The number of hydrogen-bond acceptors (Lipinski definition) is 2. The maximum absolute atomic E-state index is 12.2. The third-order valence-electron chi connectivity index (χ3n) is 3.26. The minimum atomic E-state index is 0.0220. The molecule has 19 heavy (non-hydrogen) atoms. The second kappa shape index (κ2) is 5.06. The summed E-state index contributed by atoms with van der Waals surface area (Å²) < 4.78 is 0. The Bertz CT molecular complexity index is 620. The smallest absolute Gasteiger partial charge is 0.251 e. The summed E-state index contributed by atoms with van der Waals surface area (Å²) >= 11 is 0. The van der Waals surface area contributed by atoms with Gasteiger partial charge in [0.25, 0.3) is 5.91 Å². The average molecular weight is 250 g/mol. The van der Waals surface area contributed by atoms with E-state index in [1.807, 2.05) is 35.2 Å². The molecule has 0 atom stereocenters. The van der Waals surface area contributed by atoms with Crippen LogP contribution in [0.1, 0.15) is 11.1 Å². The molecule has 2 aromatic rings. The molecular weight excluding hydrogens is 236 g/mol. The lowest BCUT2D eigenvalue weighted by atomic mass is 10.2. The van der Waals surface area contributed by atoms with Gasteiger partial charge >= 0.3 is 0 Å². The number of amides is 1.